The Morgan fingerprint density at radius 3 is 2.81 bits per heavy atom. The molecule has 7 nitrogen and oxygen atoms in total. The number of piperidine rings is 1. The van der Waals surface area contributed by atoms with Gasteiger partial charge in [-0.3, -0.25) is 4.79 Å². The standard InChI is InChI=1S/C20H25N3O4/c1-25-13-19-21-9-8-17(22-19)14-5-4-10-23(12-14)20(24)16-11-15(26-2)6-7-18(16)27-3/h6-9,11,14H,4-5,10,12-13H2,1-3H3/t14-/m1/s1. The van der Waals surface area contributed by atoms with Gasteiger partial charge in [0.05, 0.1) is 19.8 Å². The van der Waals surface area contributed by atoms with Gasteiger partial charge in [0.25, 0.3) is 5.91 Å². The van der Waals surface area contributed by atoms with Crippen LogP contribution in [0.3, 0.4) is 0 Å². The summed E-state index contributed by atoms with van der Waals surface area (Å²) in [5, 5.41) is 0. The first kappa shape index (κ1) is 19.1. The lowest BCUT2D eigenvalue weighted by molar-refractivity contribution is 0.0702. The molecule has 2 aromatic rings. The minimum Gasteiger partial charge on any atom is -0.497 e. The second-order valence-corrected chi connectivity index (χ2v) is 6.49. The van der Waals surface area contributed by atoms with Crippen molar-refractivity contribution < 1.29 is 19.0 Å². The SMILES string of the molecule is COCc1nccc([C@@H]2CCCN(C(=O)c3cc(OC)ccc3OC)C2)n1. The summed E-state index contributed by atoms with van der Waals surface area (Å²) in [4.78, 5) is 23.8. The van der Waals surface area contributed by atoms with E-state index >= 15 is 0 Å². The molecule has 2 heterocycles. The first-order chi connectivity index (χ1) is 13.2. The van der Waals surface area contributed by atoms with Gasteiger partial charge in [0.1, 0.15) is 18.1 Å². The van der Waals surface area contributed by atoms with E-state index in [2.05, 4.69) is 9.97 Å². The van der Waals surface area contributed by atoms with Crippen LogP contribution in [-0.4, -0.2) is 55.2 Å². The van der Waals surface area contributed by atoms with Crippen molar-refractivity contribution in [1.82, 2.24) is 14.9 Å². The van der Waals surface area contributed by atoms with Crippen LogP contribution in [0.2, 0.25) is 0 Å². The molecule has 0 aliphatic carbocycles. The summed E-state index contributed by atoms with van der Waals surface area (Å²) >= 11 is 0. The van der Waals surface area contributed by atoms with Crippen molar-refractivity contribution in [3.8, 4) is 11.5 Å². The molecule has 1 aromatic carbocycles. The summed E-state index contributed by atoms with van der Waals surface area (Å²) in [7, 11) is 4.77. The van der Waals surface area contributed by atoms with Crippen LogP contribution in [0.5, 0.6) is 11.5 Å². The smallest absolute Gasteiger partial charge is 0.257 e. The second kappa shape index (κ2) is 8.81. The van der Waals surface area contributed by atoms with Gasteiger partial charge >= 0.3 is 0 Å². The van der Waals surface area contributed by atoms with E-state index in [9.17, 15) is 4.79 Å². The van der Waals surface area contributed by atoms with Crippen molar-refractivity contribution in [2.24, 2.45) is 0 Å². The predicted molar refractivity (Wildman–Crippen MR) is 100 cm³/mol. The Kier molecular flexibility index (Phi) is 6.24. The number of rotatable bonds is 6. The molecular formula is C20H25N3O4. The molecule has 3 rings (SSSR count). The fourth-order valence-electron chi connectivity index (χ4n) is 3.40. The number of carbonyl (C=O) groups is 1. The van der Waals surface area contributed by atoms with Gasteiger partial charge in [-0.2, -0.15) is 0 Å². The van der Waals surface area contributed by atoms with Crippen molar-refractivity contribution in [2.45, 2.75) is 25.4 Å². The quantitative estimate of drug-likeness (QED) is 0.777. The molecule has 144 valence electrons. The lowest BCUT2D eigenvalue weighted by Gasteiger charge is -2.33. The number of ether oxygens (including phenoxy) is 3. The lowest BCUT2D eigenvalue weighted by atomic mass is 9.94. The van der Waals surface area contributed by atoms with E-state index in [1.165, 1.54) is 0 Å². The number of hydrogen-bond donors (Lipinski definition) is 0. The molecule has 0 N–H and O–H groups in total. The van der Waals surface area contributed by atoms with Crippen LogP contribution in [0.1, 0.15) is 40.6 Å². The maximum atomic E-state index is 13.1. The number of amides is 1. The maximum Gasteiger partial charge on any atom is 0.257 e. The van der Waals surface area contributed by atoms with Crippen molar-refractivity contribution in [3.63, 3.8) is 0 Å². The summed E-state index contributed by atoms with van der Waals surface area (Å²) in [5.74, 6) is 1.97. The normalized spacial score (nSPS) is 16.9. The molecule has 1 aliphatic rings. The summed E-state index contributed by atoms with van der Waals surface area (Å²) in [5.41, 5.74) is 1.47. The van der Waals surface area contributed by atoms with Crippen LogP contribution in [0.15, 0.2) is 30.5 Å². The van der Waals surface area contributed by atoms with Crippen LogP contribution in [0, 0.1) is 0 Å². The van der Waals surface area contributed by atoms with Gasteiger partial charge in [-0.25, -0.2) is 9.97 Å². The Morgan fingerprint density at radius 1 is 1.22 bits per heavy atom. The zero-order chi connectivity index (χ0) is 19.2. The first-order valence-corrected chi connectivity index (χ1v) is 8.98. The van der Waals surface area contributed by atoms with Crippen LogP contribution >= 0.6 is 0 Å². The number of methoxy groups -OCH3 is 3. The minimum atomic E-state index is -0.0541. The fourth-order valence-corrected chi connectivity index (χ4v) is 3.40. The molecular weight excluding hydrogens is 346 g/mol. The zero-order valence-corrected chi connectivity index (χ0v) is 16.0. The average Bonchev–Trinajstić information content (AvgIpc) is 2.73. The highest BCUT2D eigenvalue weighted by atomic mass is 16.5. The largest absolute Gasteiger partial charge is 0.497 e. The van der Waals surface area contributed by atoms with Crippen LogP contribution in [0.25, 0.3) is 0 Å². The third-order valence-corrected chi connectivity index (χ3v) is 4.76. The average molecular weight is 371 g/mol. The number of nitrogens with zero attached hydrogens (tertiary/aromatic N) is 3. The third-order valence-electron chi connectivity index (χ3n) is 4.76. The molecule has 0 unspecified atom stereocenters. The molecule has 0 bridgehead atoms. The maximum absolute atomic E-state index is 13.1. The van der Waals surface area contributed by atoms with E-state index in [1.807, 2.05) is 11.0 Å². The van der Waals surface area contributed by atoms with Crippen molar-refractivity contribution in [3.05, 3.63) is 47.5 Å². The molecule has 1 fully saturated rings. The molecule has 0 radical (unpaired) electrons. The topological polar surface area (TPSA) is 73.8 Å². The van der Waals surface area contributed by atoms with E-state index in [-0.39, 0.29) is 11.8 Å². The number of hydrogen-bond acceptors (Lipinski definition) is 6. The van der Waals surface area contributed by atoms with Gasteiger partial charge in [-0.05, 0) is 37.1 Å². The van der Waals surface area contributed by atoms with Crippen molar-refractivity contribution >= 4 is 5.91 Å². The first-order valence-electron chi connectivity index (χ1n) is 8.98. The Balaban J connectivity index is 1.80. The molecule has 1 atom stereocenters. The highest BCUT2D eigenvalue weighted by Crippen LogP contribution is 2.30. The summed E-state index contributed by atoms with van der Waals surface area (Å²) in [6.07, 6.45) is 3.66. The van der Waals surface area contributed by atoms with Gasteiger partial charge in [0.2, 0.25) is 0 Å². The molecule has 1 aliphatic heterocycles. The van der Waals surface area contributed by atoms with Gasteiger partial charge in [0.15, 0.2) is 5.82 Å². The highest BCUT2D eigenvalue weighted by Gasteiger charge is 2.28. The van der Waals surface area contributed by atoms with E-state index in [0.717, 1.165) is 18.5 Å². The van der Waals surface area contributed by atoms with Gasteiger partial charge in [-0.15, -0.1) is 0 Å². The zero-order valence-electron chi connectivity index (χ0n) is 16.0. The Bertz CT molecular complexity index is 797. The van der Waals surface area contributed by atoms with Crippen LogP contribution < -0.4 is 9.47 Å². The third kappa shape index (κ3) is 4.36. The molecule has 1 saturated heterocycles. The molecule has 1 aromatic heterocycles. The van der Waals surface area contributed by atoms with Gasteiger partial charge < -0.3 is 19.1 Å². The number of likely N-dealkylation sites (tertiary alicyclic amines) is 1. The summed E-state index contributed by atoms with van der Waals surface area (Å²) in [6, 6.07) is 7.19. The van der Waals surface area contributed by atoms with E-state index in [4.69, 9.17) is 14.2 Å². The molecule has 1 amide bonds. The Labute approximate surface area is 159 Å². The van der Waals surface area contributed by atoms with Crippen molar-refractivity contribution in [2.75, 3.05) is 34.4 Å². The summed E-state index contributed by atoms with van der Waals surface area (Å²) < 4.78 is 15.8. The minimum absolute atomic E-state index is 0.0541. The van der Waals surface area contributed by atoms with Gasteiger partial charge in [-0.1, -0.05) is 0 Å². The van der Waals surface area contributed by atoms with Crippen molar-refractivity contribution in [1.29, 1.82) is 0 Å². The summed E-state index contributed by atoms with van der Waals surface area (Å²) in [6.45, 7) is 1.71. The molecule has 7 heteroatoms. The van der Waals surface area contributed by atoms with Crippen LogP contribution in [0.4, 0.5) is 0 Å². The van der Waals surface area contributed by atoms with Crippen LogP contribution in [-0.2, 0) is 11.3 Å². The number of aromatic nitrogens is 2. The second-order valence-electron chi connectivity index (χ2n) is 6.49. The molecule has 0 saturated carbocycles. The molecule has 0 spiro atoms. The predicted octanol–water partition coefficient (Wildman–Crippen LogP) is 2.66. The van der Waals surface area contributed by atoms with E-state index < -0.39 is 0 Å². The number of benzene rings is 1. The van der Waals surface area contributed by atoms with E-state index in [0.29, 0.717) is 42.6 Å². The Morgan fingerprint density at radius 2 is 2.07 bits per heavy atom. The lowest BCUT2D eigenvalue weighted by Crippen LogP contribution is -2.39. The fraction of sp³-hybridized carbons (Fsp3) is 0.450. The van der Waals surface area contributed by atoms with Gasteiger partial charge in [0, 0.05) is 38.0 Å². The van der Waals surface area contributed by atoms with E-state index in [1.54, 1.807) is 45.7 Å². The monoisotopic (exact) mass is 371 g/mol. The number of carbonyl (C=O) groups excluding carboxylic acids is 1. The highest BCUT2D eigenvalue weighted by molar-refractivity contribution is 5.97. The molecule has 27 heavy (non-hydrogen) atoms. The Hall–Kier alpha value is -2.67.